The zero-order chi connectivity index (χ0) is 16.1. The molecule has 120 valence electrons. The van der Waals surface area contributed by atoms with Crippen LogP contribution in [0.25, 0.3) is 6.08 Å². The molecule has 3 rings (SSSR count). The fourth-order valence-corrected chi connectivity index (χ4v) is 2.62. The number of H-pyrrole nitrogens is 1. The second kappa shape index (κ2) is 7.00. The Morgan fingerprint density at radius 3 is 2.74 bits per heavy atom. The summed E-state index contributed by atoms with van der Waals surface area (Å²) in [6, 6.07) is 7.22. The molecule has 0 atom stereocenters. The van der Waals surface area contributed by atoms with Gasteiger partial charge in [0.2, 0.25) is 5.91 Å². The van der Waals surface area contributed by atoms with Crippen LogP contribution in [0.15, 0.2) is 47.2 Å². The summed E-state index contributed by atoms with van der Waals surface area (Å²) in [5.41, 5.74) is 0.560. The Morgan fingerprint density at radius 1 is 1.26 bits per heavy atom. The highest BCUT2D eigenvalue weighted by Gasteiger charge is 2.23. The van der Waals surface area contributed by atoms with Crippen LogP contribution in [0.2, 0.25) is 0 Å². The number of amides is 2. The molecule has 1 aliphatic rings. The predicted molar refractivity (Wildman–Crippen MR) is 85.6 cm³/mol. The highest BCUT2D eigenvalue weighted by molar-refractivity contribution is 5.93. The lowest BCUT2D eigenvalue weighted by Gasteiger charge is -2.31. The molecule has 0 spiro atoms. The minimum absolute atomic E-state index is 0.0319. The maximum absolute atomic E-state index is 12.1. The van der Waals surface area contributed by atoms with E-state index in [-0.39, 0.29) is 17.9 Å². The zero-order valence-electron chi connectivity index (χ0n) is 12.7. The molecule has 0 aromatic carbocycles. The topological polar surface area (TPSA) is 78.3 Å². The number of furan rings is 1. The number of piperidine rings is 1. The van der Waals surface area contributed by atoms with Crippen molar-refractivity contribution >= 4 is 17.9 Å². The van der Waals surface area contributed by atoms with Crippen molar-refractivity contribution in [1.29, 1.82) is 0 Å². The first-order valence-corrected chi connectivity index (χ1v) is 7.67. The van der Waals surface area contributed by atoms with E-state index in [1.807, 2.05) is 0 Å². The summed E-state index contributed by atoms with van der Waals surface area (Å²) in [7, 11) is 0. The van der Waals surface area contributed by atoms with Crippen molar-refractivity contribution < 1.29 is 14.0 Å². The van der Waals surface area contributed by atoms with E-state index in [0.29, 0.717) is 24.5 Å². The molecule has 6 heteroatoms. The number of aromatic nitrogens is 1. The van der Waals surface area contributed by atoms with Gasteiger partial charge in [-0.1, -0.05) is 0 Å². The van der Waals surface area contributed by atoms with Crippen LogP contribution in [0.4, 0.5) is 0 Å². The Balaban J connectivity index is 1.46. The van der Waals surface area contributed by atoms with E-state index in [1.54, 1.807) is 47.7 Å². The molecule has 2 aromatic heterocycles. The van der Waals surface area contributed by atoms with E-state index in [2.05, 4.69) is 10.3 Å². The lowest BCUT2D eigenvalue weighted by molar-refractivity contribution is -0.127. The van der Waals surface area contributed by atoms with Crippen molar-refractivity contribution in [2.24, 2.45) is 0 Å². The van der Waals surface area contributed by atoms with Gasteiger partial charge in [-0.05, 0) is 43.2 Å². The second-order valence-corrected chi connectivity index (χ2v) is 5.51. The van der Waals surface area contributed by atoms with Gasteiger partial charge in [0.15, 0.2) is 0 Å². The highest BCUT2D eigenvalue weighted by atomic mass is 16.3. The molecule has 2 aromatic rings. The maximum Gasteiger partial charge on any atom is 0.267 e. The Kier molecular flexibility index (Phi) is 4.61. The third kappa shape index (κ3) is 3.91. The van der Waals surface area contributed by atoms with E-state index in [1.165, 1.54) is 6.08 Å². The summed E-state index contributed by atoms with van der Waals surface area (Å²) < 4.78 is 5.16. The van der Waals surface area contributed by atoms with Crippen LogP contribution in [0, 0.1) is 0 Å². The minimum Gasteiger partial charge on any atom is -0.465 e. The van der Waals surface area contributed by atoms with Gasteiger partial charge in [-0.3, -0.25) is 9.59 Å². The summed E-state index contributed by atoms with van der Waals surface area (Å²) in [6.07, 6.45) is 8.00. The summed E-state index contributed by atoms with van der Waals surface area (Å²) in [5.74, 6) is 0.527. The van der Waals surface area contributed by atoms with Crippen LogP contribution in [0.1, 0.15) is 29.1 Å². The minimum atomic E-state index is -0.0995. The van der Waals surface area contributed by atoms with Crippen LogP contribution < -0.4 is 5.32 Å². The smallest absolute Gasteiger partial charge is 0.267 e. The molecule has 0 bridgehead atoms. The lowest BCUT2D eigenvalue weighted by Crippen LogP contribution is -2.46. The molecule has 6 nitrogen and oxygen atoms in total. The summed E-state index contributed by atoms with van der Waals surface area (Å²) in [4.78, 5) is 28.8. The molecule has 0 saturated carbocycles. The van der Waals surface area contributed by atoms with Gasteiger partial charge in [-0.25, -0.2) is 0 Å². The van der Waals surface area contributed by atoms with Gasteiger partial charge >= 0.3 is 0 Å². The van der Waals surface area contributed by atoms with Crippen molar-refractivity contribution in [2.45, 2.75) is 18.9 Å². The molecule has 2 amide bonds. The van der Waals surface area contributed by atoms with Crippen LogP contribution in [-0.4, -0.2) is 40.8 Å². The average molecular weight is 313 g/mol. The largest absolute Gasteiger partial charge is 0.465 e. The van der Waals surface area contributed by atoms with Crippen molar-refractivity contribution in [3.05, 3.63) is 54.3 Å². The van der Waals surface area contributed by atoms with Crippen LogP contribution in [0.3, 0.4) is 0 Å². The summed E-state index contributed by atoms with van der Waals surface area (Å²) in [5, 5.41) is 2.99. The number of carbonyl (C=O) groups is 2. The second-order valence-electron chi connectivity index (χ2n) is 5.51. The van der Waals surface area contributed by atoms with Crippen molar-refractivity contribution in [1.82, 2.24) is 15.2 Å². The molecule has 0 unspecified atom stereocenters. The normalized spacial score (nSPS) is 15.9. The molecule has 3 heterocycles. The van der Waals surface area contributed by atoms with Crippen molar-refractivity contribution in [2.75, 3.05) is 13.1 Å². The molecule has 23 heavy (non-hydrogen) atoms. The van der Waals surface area contributed by atoms with Gasteiger partial charge in [0.05, 0.1) is 6.26 Å². The molecule has 2 N–H and O–H groups in total. The average Bonchev–Trinajstić information content (AvgIpc) is 3.26. The fraction of sp³-hybridized carbons (Fsp3) is 0.294. The summed E-state index contributed by atoms with van der Waals surface area (Å²) in [6.45, 7) is 1.27. The van der Waals surface area contributed by atoms with Crippen molar-refractivity contribution in [3.63, 3.8) is 0 Å². The molecule has 1 aliphatic heterocycles. The SMILES string of the molecule is O=C(NC1CCN(C(=O)C=Cc2ccco2)CC1)c1ccc[nH]1. The number of rotatable bonds is 4. The first-order valence-electron chi connectivity index (χ1n) is 7.67. The van der Waals surface area contributed by atoms with Gasteiger partial charge in [0.1, 0.15) is 11.5 Å². The standard InChI is InChI=1S/C17H19N3O3/c21-16(6-5-14-3-2-12-23-14)20-10-7-13(8-11-20)19-17(22)15-4-1-9-18-15/h1-6,9,12-13,18H,7-8,10-11H2,(H,19,22). The predicted octanol–water partition coefficient (Wildman–Crippen LogP) is 2.04. The number of aromatic amines is 1. The van der Waals surface area contributed by atoms with E-state index in [4.69, 9.17) is 4.42 Å². The number of hydrogen-bond acceptors (Lipinski definition) is 3. The Hall–Kier alpha value is -2.76. The van der Waals surface area contributed by atoms with E-state index in [9.17, 15) is 9.59 Å². The highest BCUT2D eigenvalue weighted by Crippen LogP contribution is 2.12. The number of nitrogens with zero attached hydrogens (tertiary/aromatic N) is 1. The van der Waals surface area contributed by atoms with Gasteiger partial charge in [0.25, 0.3) is 5.91 Å². The van der Waals surface area contributed by atoms with Gasteiger partial charge < -0.3 is 19.6 Å². The van der Waals surface area contributed by atoms with Gasteiger partial charge in [-0.15, -0.1) is 0 Å². The van der Waals surface area contributed by atoms with Gasteiger partial charge in [-0.2, -0.15) is 0 Å². The van der Waals surface area contributed by atoms with Gasteiger partial charge in [0, 0.05) is 31.4 Å². The molecular weight excluding hydrogens is 294 g/mol. The molecule has 0 aliphatic carbocycles. The number of hydrogen-bond donors (Lipinski definition) is 2. The lowest BCUT2D eigenvalue weighted by atomic mass is 10.0. The Morgan fingerprint density at radius 2 is 2.09 bits per heavy atom. The van der Waals surface area contributed by atoms with E-state index in [0.717, 1.165) is 12.8 Å². The van der Waals surface area contributed by atoms with Crippen LogP contribution >= 0.6 is 0 Å². The Labute approximate surface area is 134 Å². The van der Waals surface area contributed by atoms with E-state index < -0.39 is 0 Å². The monoisotopic (exact) mass is 313 g/mol. The first kappa shape index (κ1) is 15.1. The molecular formula is C17H19N3O3. The maximum atomic E-state index is 12.1. The number of likely N-dealkylation sites (tertiary alicyclic amines) is 1. The summed E-state index contributed by atoms with van der Waals surface area (Å²) >= 11 is 0. The molecule has 0 radical (unpaired) electrons. The first-order chi connectivity index (χ1) is 11.2. The fourth-order valence-electron chi connectivity index (χ4n) is 2.62. The Bertz CT molecular complexity index is 666. The van der Waals surface area contributed by atoms with Crippen LogP contribution in [0.5, 0.6) is 0 Å². The molecule has 1 fully saturated rings. The number of carbonyl (C=O) groups excluding carboxylic acids is 2. The third-order valence-corrected chi connectivity index (χ3v) is 3.92. The van der Waals surface area contributed by atoms with Crippen molar-refractivity contribution in [3.8, 4) is 0 Å². The quantitative estimate of drug-likeness (QED) is 0.848. The zero-order valence-corrected chi connectivity index (χ0v) is 12.7. The number of nitrogens with one attached hydrogen (secondary N) is 2. The van der Waals surface area contributed by atoms with E-state index >= 15 is 0 Å². The molecule has 1 saturated heterocycles. The van der Waals surface area contributed by atoms with Crippen LogP contribution in [-0.2, 0) is 4.79 Å². The third-order valence-electron chi connectivity index (χ3n) is 3.92.